The van der Waals surface area contributed by atoms with Crippen LogP contribution in [0.4, 0.5) is 5.95 Å². The Morgan fingerprint density at radius 1 is 1.53 bits per heavy atom. The molecule has 1 saturated heterocycles. The number of anilines is 1. The second kappa shape index (κ2) is 5.04. The zero-order chi connectivity index (χ0) is 10.5. The molecule has 0 bridgehead atoms. The maximum absolute atomic E-state index is 5.35. The molecule has 1 aromatic heterocycles. The van der Waals surface area contributed by atoms with Gasteiger partial charge in [-0.1, -0.05) is 0 Å². The van der Waals surface area contributed by atoms with Crippen LogP contribution in [0.3, 0.4) is 0 Å². The first kappa shape index (κ1) is 10.3. The molecule has 1 aromatic rings. The fourth-order valence-corrected chi connectivity index (χ4v) is 1.45. The number of nitrogens with zero attached hydrogens (tertiary/aromatic N) is 2. The van der Waals surface area contributed by atoms with Gasteiger partial charge in [-0.15, -0.1) is 0 Å². The summed E-state index contributed by atoms with van der Waals surface area (Å²) in [4.78, 5) is 8.34. The molecule has 5 heteroatoms. The Balaban J connectivity index is 1.79. The number of morpholine rings is 1. The zero-order valence-electron chi connectivity index (χ0n) is 8.86. The van der Waals surface area contributed by atoms with Gasteiger partial charge in [0.05, 0.1) is 13.2 Å². The molecule has 0 spiro atoms. The third-order valence-corrected chi connectivity index (χ3v) is 2.29. The molecular weight excluding hydrogens is 192 g/mol. The van der Waals surface area contributed by atoms with Gasteiger partial charge in [-0.25, -0.2) is 9.97 Å². The molecule has 82 valence electrons. The van der Waals surface area contributed by atoms with Gasteiger partial charge in [-0.05, 0) is 12.5 Å². The second-order valence-electron chi connectivity index (χ2n) is 3.69. The molecule has 1 fully saturated rings. The monoisotopic (exact) mass is 208 g/mol. The van der Waals surface area contributed by atoms with Crippen molar-refractivity contribution in [2.45, 2.75) is 13.0 Å². The first-order chi connectivity index (χ1) is 7.34. The summed E-state index contributed by atoms with van der Waals surface area (Å²) >= 11 is 0. The highest BCUT2D eigenvalue weighted by Crippen LogP contribution is 1.99. The Bertz CT molecular complexity index is 295. The molecule has 1 atom stereocenters. The average molecular weight is 208 g/mol. The number of aromatic nitrogens is 2. The highest BCUT2D eigenvalue weighted by Gasteiger charge is 2.12. The molecular formula is C10H16N4O. The van der Waals surface area contributed by atoms with Crippen LogP contribution in [0.2, 0.25) is 0 Å². The third kappa shape index (κ3) is 3.14. The lowest BCUT2D eigenvalue weighted by Crippen LogP contribution is -2.45. The van der Waals surface area contributed by atoms with Crippen LogP contribution >= 0.6 is 0 Å². The van der Waals surface area contributed by atoms with Crippen molar-refractivity contribution in [2.24, 2.45) is 0 Å². The van der Waals surface area contributed by atoms with Gasteiger partial charge < -0.3 is 15.4 Å². The van der Waals surface area contributed by atoms with Crippen LogP contribution in [0.5, 0.6) is 0 Å². The Hall–Kier alpha value is -1.20. The summed E-state index contributed by atoms with van der Waals surface area (Å²) in [5.41, 5.74) is 1.07. The van der Waals surface area contributed by atoms with E-state index in [2.05, 4.69) is 20.6 Å². The Kier molecular flexibility index (Phi) is 3.47. The molecule has 1 aliphatic heterocycles. The summed E-state index contributed by atoms with van der Waals surface area (Å²) < 4.78 is 5.35. The topological polar surface area (TPSA) is 59.1 Å². The maximum Gasteiger partial charge on any atom is 0.222 e. The first-order valence-corrected chi connectivity index (χ1v) is 5.18. The molecule has 1 unspecified atom stereocenters. The van der Waals surface area contributed by atoms with E-state index in [1.54, 1.807) is 12.4 Å². The van der Waals surface area contributed by atoms with E-state index in [1.165, 1.54) is 0 Å². The summed E-state index contributed by atoms with van der Waals surface area (Å²) in [5.74, 6) is 0.674. The lowest BCUT2D eigenvalue weighted by atomic mass is 10.3. The molecule has 2 heterocycles. The average Bonchev–Trinajstić information content (AvgIpc) is 2.30. The summed E-state index contributed by atoms with van der Waals surface area (Å²) in [7, 11) is 0. The van der Waals surface area contributed by atoms with Crippen LogP contribution in [-0.2, 0) is 4.74 Å². The summed E-state index contributed by atoms with van der Waals surface area (Å²) in [6, 6.07) is 0.351. The number of rotatable bonds is 3. The zero-order valence-corrected chi connectivity index (χ0v) is 8.86. The number of nitrogens with one attached hydrogen (secondary N) is 2. The minimum Gasteiger partial charge on any atom is -0.378 e. The Morgan fingerprint density at radius 2 is 2.33 bits per heavy atom. The van der Waals surface area contributed by atoms with E-state index >= 15 is 0 Å². The van der Waals surface area contributed by atoms with Crippen molar-refractivity contribution in [1.29, 1.82) is 0 Å². The summed E-state index contributed by atoms with van der Waals surface area (Å²) in [5, 5.41) is 6.53. The van der Waals surface area contributed by atoms with E-state index in [0.717, 1.165) is 31.9 Å². The van der Waals surface area contributed by atoms with E-state index in [-0.39, 0.29) is 0 Å². The molecule has 0 radical (unpaired) electrons. The van der Waals surface area contributed by atoms with Gasteiger partial charge in [0, 0.05) is 31.5 Å². The lowest BCUT2D eigenvalue weighted by Gasteiger charge is -2.23. The van der Waals surface area contributed by atoms with Crippen molar-refractivity contribution in [1.82, 2.24) is 15.3 Å². The standard InChI is InChI=1S/C10H16N4O/c1-8-4-12-10(13-5-8)14-6-9-7-15-3-2-11-9/h4-5,9,11H,2-3,6-7H2,1H3,(H,12,13,14). The number of aryl methyl sites for hydroxylation is 1. The predicted octanol–water partition coefficient (Wildman–Crippen LogP) is 0.185. The van der Waals surface area contributed by atoms with Gasteiger partial charge >= 0.3 is 0 Å². The number of hydrogen-bond acceptors (Lipinski definition) is 5. The van der Waals surface area contributed by atoms with E-state index in [0.29, 0.717) is 12.0 Å². The minimum absolute atomic E-state index is 0.351. The second-order valence-corrected chi connectivity index (χ2v) is 3.69. The van der Waals surface area contributed by atoms with Crippen molar-refractivity contribution >= 4 is 5.95 Å². The van der Waals surface area contributed by atoms with E-state index in [1.807, 2.05) is 6.92 Å². The van der Waals surface area contributed by atoms with Gasteiger partial charge in [-0.3, -0.25) is 0 Å². The van der Waals surface area contributed by atoms with Crippen molar-refractivity contribution in [3.05, 3.63) is 18.0 Å². The van der Waals surface area contributed by atoms with Crippen LogP contribution in [0.15, 0.2) is 12.4 Å². The van der Waals surface area contributed by atoms with Gasteiger partial charge in [-0.2, -0.15) is 0 Å². The smallest absolute Gasteiger partial charge is 0.222 e. The number of ether oxygens (including phenoxy) is 1. The van der Waals surface area contributed by atoms with Gasteiger partial charge in [0.25, 0.3) is 0 Å². The molecule has 2 N–H and O–H groups in total. The summed E-state index contributed by atoms with van der Waals surface area (Å²) in [6.45, 7) is 5.24. The number of hydrogen-bond donors (Lipinski definition) is 2. The van der Waals surface area contributed by atoms with Crippen LogP contribution in [-0.4, -0.2) is 42.3 Å². The molecule has 2 rings (SSSR count). The minimum atomic E-state index is 0.351. The van der Waals surface area contributed by atoms with Crippen LogP contribution in [0.1, 0.15) is 5.56 Å². The quantitative estimate of drug-likeness (QED) is 0.742. The van der Waals surface area contributed by atoms with E-state index in [9.17, 15) is 0 Å². The maximum atomic E-state index is 5.35. The normalized spacial score (nSPS) is 21.3. The van der Waals surface area contributed by atoms with Crippen LogP contribution in [0.25, 0.3) is 0 Å². The molecule has 5 nitrogen and oxygen atoms in total. The largest absolute Gasteiger partial charge is 0.378 e. The molecule has 0 amide bonds. The van der Waals surface area contributed by atoms with E-state index in [4.69, 9.17) is 4.74 Å². The Morgan fingerprint density at radius 3 is 3.00 bits per heavy atom. The molecule has 15 heavy (non-hydrogen) atoms. The highest BCUT2D eigenvalue weighted by atomic mass is 16.5. The first-order valence-electron chi connectivity index (χ1n) is 5.18. The highest BCUT2D eigenvalue weighted by molar-refractivity contribution is 5.24. The third-order valence-electron chi connectivity index (χ3n) is 2.29. The molecule has 0 aliphatic carbocycles. The molecule has 1 aliphatic rings. The van der Waals surface area contributed by atoms with E-state index < -0.39 is 0 Å². The van der Waals surface area contributed by atoms with Crippen molar-refractivity contribution in [3.63, 3.8) is 0 Å². The van der Waals surface area contributed by atoms with Gasteiger partial charge in [0.15, 0.2) is 0 Å². The Labute approximate surface area is 89.3 Å². The van der Waals surface area contributed by atoms with Crippen molar-refractivity contribution in [3.8, 4) is 0 Å². The van der Waals surface area contributed by atoms with Gasteiger partial charge in [0.1, 0.15) is 0 Å². The van der Waals surface area contributed by atoms with Crippen molar-refractivity contribution in [2.75, 3.05) is 31.6 Å². The molecule has 0 saturated carbocycles. The fourth-order valence-electron chi connectivity index (χ4n) is 1.45. The lowest BCUT2D eigenvalue weighted by molar-refractivity contribution is 0.0806. The van der Waals surface area contributed by atoms with Crippen LogP contribution < -0.4 is 10.6 Å². The fraction of sp³-hybridized carbons (Fsp3) is 0.600. The summed E-state index contributed by atoms with van der Waals surface area (Å²) in [6.07, 6.45) is 3.61. The molecule has 0 aromatic carbocycles. The predicted molar refractivity (Wildman–Crippen MR) is 57.9 cm³/mol. The SMILES string of the molecule is Cc1cnc(NCC2COCCN2)nc1. The van der Waals surface area contributed by atoms with Crippen molar-refractivity contribution < 1.29 is 4.74 Å². The van der Waals surface area contributed by atoms with Crippen LogP contribution in [0, 0.1) is 6.92 Å². The van der Waals surface area contributed by atoms with Gasteiger partial charge in [0.2, 0.25) is 5.95 Å².